The molecule has 3 N–H and O–H groups in total. The summed E-state index contributed by atoms with van der Waals surface area (Å²) in [5.74, 6) is -1.69. The van der Waals surface area contributed by atoms with E-state index in [1.54, 1.807) is 39.8 Å². The molecule has 4 rings (SSSR count). The topological polar surface area (TPSA) is 143 Å². The highest BCUT2D eigenvalue weighted by Gasteiger charge is 2.38. The number of carbonyl (C=O) groups is 4. The zero-order valence-corrected chi connectivity index (χ0v) is 28.0. The Kier molecular flexibility index (Phi) is 10.8. The number of methoxy groups -OCH3 is 2. The van der Waals surface area contributed by atoms with Gasteiger partial charge in [0.1, 0.15) is 0 Å². The second-order valence-electron chi connectivity index (χ2n) is 11.5. The molecule has 0 saturated carbocycles. The van der Waals surface area contributed by atoms with Crippen LogP contribution < -0.4 is 16.0 Å². The van der Waals surface area contributed by atoms with Crippen LogP contribution in [-0.4, -0.2) is 53.7 Å². The van der Waals surface area contributed by atoms with Crippen molar-refractivity contribution in [2.75, 3.05) is 14.2 Å². The number of alkyl halides is 3. The molecule has 0 fully saturated rings. The fourth-order valence-electron chi connectivity index (χ4n) is 6.08. The van der Waals surface area contributed by atoms with Gasteiger partial charge in [0.15, 0.2) is 0 Å². The van der Waals surface area contributed by atoms with Crippen LogP contribution in [0.4, 0.5) is 13.2 Å². The first-order chi connectivity index (χ1) is 22.6. The van der Waals surface area contributed by atoms with Gasteiger partial charge < -0.3 is 24.8 Å². The van der Waals surface area contributed by atoms with E-state index in [1.807, 2.05) is 6.92 Å². The summed E-state index contributed by atoms with van der Waals surface area (Å²) in [6, 6.07) is 0. The third-order valence-electron chi connectivity index (χ3n) is 8.75. The van der Waals surface area contributed by atoms with Gasteiger partial charge in [0.05, 0.1) is 31.2 Å². The summed E-state index contributed by atoms with van der Waals surface area (Å²) in [5.41, 5.74) is 3.34. The zero-order chi connectivity index (χ0) is 35.5. The first-order valence-electron chi connectivity index (χ1n) is 15.6. The number of nitrogens with one attached hydrogen (secondary N) is 3. The minimum absolute atomic E-state index is 0.0298. The van der Waals surface area contributed by atoms with Crippen molar-refractivity contribution in [1.82, 2.24) is 15.3 Å². The van der Waals surface area contributed by atoms with Gasteiger partial charge in [-0.2, -0.15) is 13.2 Å². The number of aromatic nitrogens is 2. The Morgan fingerprint density at radius 3 is 2.02 bits per heavy atom. The molecular formula is C35H39F3N4O6. The highest BCUT2D eigenvalue weighted by molar-refractivity contribution is 6.31. The normalized spacial score (nSPS) is 16.9. The van der Waals surface area contributed by atoms with Crippen LogP contribution in [0, 0.1) is 6.92 Å². The van der Waals surface area contributed by atoms with Crippen LogP contribution in [0.25, 0.3) is 18.2 Å². The summed E-state index contributed by atoms with van der Waals surface area (Å²) < 4.78 is 53.3. The molecule has 256 valence electrons. The lowest BCUT2D eigenvalue weighted by Crippen LogP contribution is -2.16. The van der Waals surface area contributed by atoms with Crippen LogP contribution in [-0.2, 0) is 47.7 Å². The number of allylic oxidation sites excluding steroid dienone is 2. The third kappa shape index (κ3) is 7.29. The molecule has 0 aliphatic carbocycles. The van der Waals surface area contributed by atoms with Crippen molar-refractivity contribution >= 4 is 47.7 Å². The Morgan fingerprint density at radius 1 is 0.792 bits per heavy atom. The Labute approximate surface area is 275 Å². The van der Waals surface area contributed by atoms with Gasteiger partial charge in [-0.3, -0.25) is 19.2 Å². The number of ether oxygens (including phenoxy) is 2. The van der Waals surface area contributed by atoms with Crippen LogP contribution >= 0.6 is 0 Å². The molecule has 0 saturated heterocycles. The van der Waals surface area contributed by atoms with Crippen molar-refractivity contribution in [3.63, 3.8) is 0 Å². The smallest absolute Gasteiger partial charge is 0.418 e. The van der Waals surface area contributed by atoms with Gasteiger partial charge in [0.25, 0.3) is 11.8 Å². The molecule has 2 aliphatic rings. The number of hydrogen-bond acceptors (Lipinski definition) is 6. The van der Waals surface area contributed by atoms with E-state index in [-0.39, 0.29) is 55.0 Å². The molecule has 0 unspecified atom stereocenters. The van der Waals surface area contributed by atoms with Crippen LogP contribution in [0.2, 0.25) is 0 Å². The van der Waals surface area contributed by atoms with Gasteiger partial charge in [-0.1, -0.05) is 13.8 Å². The Hall–Kier alpha value is -4.94. The molecule has 10 nitrogen and oxygen atoms in total. The molecule has 2 aromatic heterocycles. The Morgan fingerprint density at radius 2 is 1.44 bits per heavy atom. The molecule has 0 aromatic carbocycles. The number of aliphatic imine (C=N–C) groups is 1. The lowest BCUT2D eigenvalue weighted by Gasteiger charge is -2.10. The van der Waals surface area contributed by atoms with Crippen LogP contribution in [0.5, 0.6) is 0 Å². The number of amides is 2. The average Bonchev–Trinajstić information content (AvgIpc) is 3.71. The van der Waals surface area contributed by atoms with Crippen LogP contribution in [0.3, 0.4) is 0 Å². The average molecular weight is 669 g/mol. The van der Waals surface area contributed by atoms with Crippen LogP contribution in [0.15, 0.2) is 33.0 Å². The van der Waals surface area contributed by atoms with Crippen molar-refractivity contribution < 1.29 is 41.8 Å². The molecule has 4 heterocycles. The number of carbonyl (C=O) groups excluding carboxylic acids is 4. The molecule has 0 spiro atoms. The lowest BCUT2D eigenvalue weighted by atomic mass is 10.00. The number of rotatable bonds is 11. The summed E-state index contributed by atoms with van der Waals surface area (Å²) >= 11 is 0. The van der Waals surface area contributed by atoms with Gasteiger partial charge >= 0.3 is 18.1 Å². The van der Waals surface area contributed by atoms with E-state index in [0.717, 1.165) is 0 Å². The van der Waals surface area contributed by atoms with Gasteiger partial charge in [0, 0.05) is 46.1 Å². The highest BCUT2D eigenvalue weighted by Crippen LogP contribution is 2.39. The summed E-state index contributed by atoms with van der Waals surface area (Å²) in [6.45, 7) is 8.50. The summed E-state index contributed by atoms with van der Waals surface area (Å²) in [4.78, 5) is 59.2. The van der Waals surface area contributed by atoms with E-state index in [4.69, 9.17) is 9.47 Å². The maximum absolute atomic E-state index is 14.6. The molecule has 0 atom stereocenters. The van der Waals surface area contributed by atoms with Crippen LogP contribution in [0.1, 0.15) is 87.0 Å². The molecule has 2 aliphatic heterocycles. The molecule has 0 bridgehead atoms. The van der Waals surface area contributed by atoms with Crippen molar-refractivity contribution in [1.29, 1.82) is 0 Å². The summed E-state index contributed by atoms with van der Waals surface area (Å²) in [5, 5.41) is 3.66. The molecule has 13 heteroatoms. The standard InChI is InChI=1S/C35H39F3N4O6/c1-8-20-18(4)33(45)41-25(20)16-29-32(35(36,37)38)21(9-2)26(40-29)14-24-17(3)22(10-12-30(43)47-6)27(39-24)15-28-23(11-13-31(44)48-7)19(5)34(46)42-28/h14-16,39-40H,8-13H2,1-7H3,(H,41,45)/b24-14-,25-16-,27-15-. The minimum Gasteiger partial charge on any atom is -0.469 e. The highest BCUT2D eigenvalue weighted by atomic mass is 19.4. The summed E-state index contributed by atoms with van der Waals surface area (Å²) in [7, 11) is 2.55. The van der Waals surface area contributed by atoms with E-state index >= 15 is 0 Å². The van der Waals surface area contributed by atoms with Gasteiger partial charge in [-0.05, 0) is 92.5 Å². The van der Waals surface area contributed by atoms with E-state index in [1.165, 1.54) is 20.3 Å². The number of H-pyrrole nitrogens is 2. The molecular weight excluding hydrogens is 629 g/mol. The van der Waals surface area contributed by atoms with Gasteiger partial charge in [-0.25, -0.2) is 4.99 Å². The second kappa shape index (κ2) is 14.4. The summed E-state index contributed by atoms with van der Waals surface area (Å²) in [6.07, 6.45) is 0.898. The Balaban J connectivity index is 1.92. The quantitative estimate of drug-likeness (QED) is 0.303. The van der Waals surface area contributed by atoms with Crippen molar-refractivity contribution in [2.24, 2.45) is 4.99 Å². The van der Waals surface area contributed by atoms with Crippen molar-refractivity contribution in [3.05, 3.63) is 72.3 Å². The Bertz CT molecular complexity index is 1940. The third-order valence-corrected chi connectivity index (χ3v) is 8.75. The number of halogens is 3. The fraction of sp³-hybridized carbons (Fsp3) is 0.400. The number of aromatic amines is 2. The second-order valence-corrected chi connectivity index (χ2v) is 11.5. The molecule has 2 amide bonds. The fourth-order valence-corrected chi connectivity index (χ4v) is 6.08. The van der Waals surface area contributed by atoms with E-state index in [2.05, 4.69) is 20.3 Å². The van der Waals surface area contributed by atoms with E-state index < -0.39 is 29.6 Å². The van der Waals surface area contributed by atoms with E-state index in [0.29, 0.717) is 61.9 Å². The maximum atomic E-state index is 14.6. The lowest BCUT2D eigenvalue weighted by molar-refractivity contribution is -0.141. The number of hydrogen-bond donors (Lipinski definition) is 3. The first-order valence-corrected chi connectivity index (χ1v) is 15.6. The molecule has 2 aromatic rings. The predicted octanol–water partition coefficient (Wildman–Crippen LogP) is 4.40. The number of nitrogens with zero attached hydrogens (tertiary/aromatic N) is 1. The predicted molar refractivity (Wildman–Crippen MR) is 174 cm³/mol. The van der Waals surface area contributed by atoms with Gasteiger partial charge in [0.2, 0.25) is 0 Å². The molecule has 0 radical (unpaired) electrons. The SMILES string of the molecule is CCC1=C(C)C(=O)N/C1=C\c1[nH]c(/C=c2\[nH]/c(=C\C3=NC(=O)C(C)=C3CCC(=O)OC)c(CCC(=O)OC)c2C)c(CC)c1C(F)(F)F. The van der Waals surface area contributed by atoms with Crippen molar-refractivity contribution in [2.45, 2.75) is 79.3 Å². The van der Waals surface area contributed by atoms with Gasteiger partial charge in [-0.15, -0.1) is 0 Å². The number of esters is 2. The maximum Gasteiger partial charge on any atom is 0.418 e. The monoisotopic (exact) mass is 668 g/mol. The first kappa shape index (κ1) is 35.9. The minimum atomic E-state index is -4.69. The zero-order valence-electron chi connectivity index (χ0n) is 28.0. The largest absolute Gasteiger partial charge is 0.469 e. The van der Waals surface area contributed by atoms with Crippen molar-refractivity contribution in [3.8, 4) is 0 Å². The van der Waals surface area contributed by atoms with E-state index in [9.17, 15) is 32.3 Å². The molecule has 48 heavy (non-hydrogen) atoms.